The minimum atomic E-state index is -0.326. The predicted octanol–water partition coefficient (Wildman–Crippen LogP) is 3.02. The van der Waals surface area contributed by atoms with Crippen LogP contribution in [0.25, 0.3) is 0 Å². The summed E-state index contributed by atoms with van der Waals surface area (Å²) in [5.41, 5.74) is 3.48. The van der Waals surface area contributed by atoms with Gasteiger partial charge in [0, 0.05) is 11.6 Å². The molecule has 0 aliphatic carbocycles. The largest absolute Gasteiger partial charge is 0.496 e. The summed E-state index contributed by atoms with van der Waals surface area (Å²) in [6, 6.07) is 1.75. The number of esters is 1. The van der Waals surface area contributed by atoms with Gasteiger partial charge in [0.15, 0.2) is 0 Å². The van der Waals surface area contributed by atoms with E-state index in [4.69, 9.17) is 14.2 Å². The van der Waals surface area contributed by atoms with E-state index < -0.39 is 0 Å². The van der Waals surface area contributed by atoms with Gasteiger partial charge in [-0.1, -0.05) is 5.57 Å². The monoisotopic (exact) mass is 262 g/mol. The second kappa shape index (κ2) is 5.34. The van der Waals surface area contributed by atoms with Crippen molar-refractivity contribution in [2.75, 3.05) is 13.7 Å². The number of methoxy groups -OCH3 is 1. The molecule has 102 valence electrons. The van der Waals surface area contributed by atoms with E-state index in [0.717, 1.165) is 11.1 Å². The standard InChI is InChI=1S/C15H18O4/c1-9(2)5-6-18-13-7-12(17-4)10(3)11-8-19-15(16)14(11)13/h5,7H,6,8H2,1-4H3. The van der Waals surface area contributed by atoms with Crippen LogP contribution in [0, 0.1) is 6.92 Å². The van der Waals surface area contributed by atoms with Crippen molar-refractivity contribution in [3.63, 3.8) is 0 Å². The van der Waals surface area contributed by atoms with Gasteiger partial charge in [-0.3, -0.25) is 0 Å². The second-order valence-corrected chi connectivity index (χ2v) is 4.72. The summed E-state index contributed by atoms with van der Waals surface area (Å²) >= 11 is 0. The van der Waals surface area contributed by atoms with E-state index >= 15 is 0 Å². The molecule has 1 aliphatic rings. The molecule has 0 N–H and O–H groups in total. The van der Waals surface area contributed by atoms with E-state index in [0.29, 0.717) is 23.7 Å². The highest BCUT2D eigenvalue weighted by Gasteiger charge is 2.29. The molecule has 0 spiro atoms. The van der Waals surface area contributed by atoms with Crippen molar-refractivity contribution in [3.8, 4) is 11.5 Å². The number of allylic oxidation sites excluding steroid dienone is 1. The maximum Gasteiger partial charge on any atom is 0.342 e. The van der Waals surface area contributed by atoms with Gasteiger partial charge in [0.05, 0.1) is 7.11 Å². The number of benzene rings is 1. The van der Waals surface area contributed by atoms with Crippen LogP contribution < -0.4 is 9.47 Å². The molecule has 0 radical (unpaired) electrons. The maximum atomic E-state index is 11.8. The minimum Gasteiger partial charge on any atom is -0.496 e. The first-order valence-corrected chi connectivity index (χ1v) is 6.18. The average molecular weight is 262 g/mol. The molecule has 0 fully saturated rings. The van der Waals surface area contributed by atoms with E-state index in [2.05, 4.69) is 0 Å². The Morgan fingerprint density at radius 3 is 2.79 bits per heavy atom. The van der Waals surface area contributed by atoms with Crippen LogP contribution in [0.2, 0.25) is 0 Å². The highest BCUT2D eigenvalue weighted by molar-refractivity contribution is 5.97. The van der Waals surface area contributed by atoms with Gasteiger partial charge < -0.3 is 14.2 Å². The number of ether oxygens (including phenoxy) is 3. The fourth-order valence-corrected chi connectivity index (χ4v) is 2.02. The Hall–Kier alpha value is -1.97. The molecule has 0 saturated carbocycles. The molecule has 1 aromatic carbocycles. The van der Waals surface area contributed by atoms with Gasteiger partial charge in [-0.2, -0.15) is 0 Å². The normalized spacial score (nSPS) is 12.7. The Balaban J connectivity index is 2.40. The number of carbonyl (C=O) groups excluding carboxylic acids is 1. The zero-order valence-electron chi connectivity index (χ0n) is 11.7. The van der Waals surface area contributed by atoms with Crippen LogP contribution in [-0.4, -0.2) is 19.7 Å². The molecular weight excluding hydrogens is 244 g/mol. The number of rotatable bonds is 4. The third kappa shape index (κ3) is 2.57. The zero-order valence-corrected chi connectivity index (χ0v) is 11.7. The third-order valence-corrected chi connectivity index (χ3v) is 3.13. The van der Waals surface area contributed by atoms with Crippen LogP contribution in [0.5, 0.6) is 11.5 Å². The topological polar surface area (TPSA) is 44.8 Å². The summed E-state index contributed by atoms with van der Waals surface area (Å²) in [7, 11) is 1.60. The Morgan fingerprint density at radius 1 is 1.42 bits per heavy atom. The molecule has 0 saturated heterocycles. The molecular formula is C15H18O4. The first-order chi connectivity index (χ1) is 9.04. The Labute approximate surface area is 113 Å². The molecule has 1 heterocycles. The molecule has 0 amide bonds. The summed E-state index contributed by atoms with van der Waals surface area (Å²) in [6.45, 7) is 6.62. The molecule has 2 rings (SSSR count). The van der Waals surface area contributed by atoms with Crippen LogP contribution in [0.1, 0.15) is 35.3 Å². The van der Waals surface area contributed by atoms with E-state index in [9.17, 15) is 4.79 Å². The summed E-state index contributed by atoms with van der Waals surface area (Å²) in [5, 5.41) is 0. The van der Waals surface area contributed by atoms with Crippen LogP contribution in [0.4, 0.5) is 0 Å². The van der Waals surface area contributed by atoms with Gasteiger partial charge >= 0.3 is 5.97 Å². The Kier molecular flexibility index (Phi) is 3.79. The third-order valence-electron chi connectivity index (χ3n) is 3.13. The van der Waals surface area contributed by atoms with Crippen LogP contribution in [0.15, 0.2) is 17.7 Å². The molecule has 0 unspecified atom stereocenters. The SMILES string of the molecule is COc1cc(OCC=C(C)C)c2c(c1C)COC2=O. The molecule has 1 aliphatic heterocycles. The van der Waals surface area contributed by atoms with E-state index in [1.165, 1.54) is 5.57 Å². The molecule has 4 heteroatoms. The fourth-order valence-electron chi connectivity index (χ4n) is 2.02. The van der Waals surface area contributed by atoms with Gasteiger partial charge in [0.2, 0.25) is 0 Å². The van der Waals surface area contributed by atoms with Gasteiger partial charge in [0.25, 0.3) is 0 Å². The highest BCUT2D eigenvalue weighted by atomic mass is 16.5. The number of cyclic esters (lactones) is 1. The number of fused-ring (bicyclic) bond motifs is 1. The summed E-state index contributed by atoms with van der Waals surface area (Å²) in [4.78, 5) is 11.8. The van der Waals surface area contributed by atoms with Crippen molar-refractivity contribution < 1.29 is 19.0 Å². The molecule has 0 aromatic heterocycles. The quantitative estimate of drug-likeness (QED) is 0.618. The van der Waals surface area contributed by atoms with E-state index in [1.807, 2.05) is 26.8 Å². The lowest BCUT2D eigenvalue weighted by Crippen LogP contribution is -2.04. The van der Waals surface area contributed by atoms with Crippen LogP contribution in [-0.2, 0) is 11.3 Å². The first-order valence-electron chi connectivity index (χ1n) is 6.18. The summed E-state index contributed by atoms with van der Waals surface area (Å²) in [6.07, 6.45) is 1.96. The van der Waals surface area contributed by atoms with Gasteiger partial charge in [-0.25, -0.2) is 4.79 Å². The van der Waals surface area contributed by atoms with Crippen molar-refractivity contribution in [2.24, 2.45) is 0 Å². The second-order valence-electron chi connectivity index (χ2n) is 4.72. The predicted molar refractivity (Wildman–Crippen MR) is 71.8 cm³/mol. The lowest BCUT2D eigenvalue weighted by molar-refractivity contribution is 0.0532. The number of carbonyl (C=O) groups is 1. The highest BCUT2D eigenvalue weighted by Crippen LogP contribution is 2.37. The van der Waals surface area contributed by atoms with Crippen molar-refractivity contribution in [1.82, 2.24) is 0 Å². The maximum absolute atomic E-state index is 11.8. The number of hydrogen-bond acceptors (Lipinski definition) is 4. The van der Waals surface area contributed by atoms with Crippen molar-refractivity contribution in [3.05, 3.63) is 34.4 Å². The van der Waals surface area contributed by atoms with Gasteiger partial charge in [-0.05, 0) is 32.4 Å². The molecule has 19 heavy (non-hydrogen) atoms. The number of hydrogen-bond donors (Lipinski definition) is 0. The molecule has 0 atom stereocenters. The van der Waals surface area contributed by atoms with E-state index in [1.54, 1.807) is 13.2 Å². The molecule has 4 nitrogen and oxygen atoms in total. The van der Waals surface area contributed by atoms with Crippen LogP contribution in [0.3, 0.4) is 0 Å². The van der Waals surface area contributed by atoms with Crippen molar-refractivity contribution >= 4 is 5.97 Å². The zero-order chi connectivity index (χ0) is 14.0. The van der Waals surface area contributed by atoms with Crippen molar-refractivity contribution in [2.45, 2.75) is 27.4 Å². The van der Waals surface area contributed by atoms with Gasteiger partial charge in [-0.15, -0.1) is 0 Å². The molecule has 1 aromatic rings. The molecule has 0 bridgehead atoms. The lowest BCUT2D eigenvalue weighted by Gasteiger charge is -2.13. The first kappa shape index (κ1) is 13.5. The van der Waals surface area contributed by atoms with Crippen LogP contribution >= 0.6 is 0 Å². The Bertz CT molecular complexity index is 540. The summed E-state index contributed by atoms with van der Waals surface area (Å²) in [5.74, 6) is 0.912. The minimum absolute atomic E-state index is 0.288. The van der Waals surface area contributed by atoms with Crippen molar-refractivity contribution in [1.29, 1.82) is 0 Å². The fraction of sp³-hybridized carbons (Fsp3) is 0.400. The van der Waals surface area contributed by atoms with E-state index in [-0.39, 0.29) is 12.6 Å². The Morgan fingerprint density at radius 2 is 2.16 bits per heavy atom. The summed E-state index contributed by atoms with van der Waals surface area (Å²) < 4.78 is 16.1. The average Bonchev–Trinajstić information content (AvgIpc) is 2.75. The van der Waals surface area contributed by atoms with Gasteiger partial charge in [0.1, 0.15) is 30.3 Å². The lowest BCUT2D eigenvalue weighted by atomic mass is 10.0. The smallest absolute Gasteiger partial charge is 0.342 e.